The molecule has 4 heterocycles. The average Bonchev–Trinajstić information content (AvgIpc) is 3.55. The molecule has 6 rings (SSSR count). The fourth-order valence-electron chi connectivity index (χ4n) is 4.18. The van der Waals surface area contributed by atoms with Crippen LogP contribution in [0.25, 0.3) is 22.2 Å². The standard InChI is InChI=1S/C18H21BrFN3OSi.C8H5BrIN.C5H4BFNO2/c1-25(2,3)9-8-24-12-23-16-5-4-14(19)11-15(16)18(22-23)13-6-7-21-17(20)10-13;9-6-2-1-5-4-11-8(10)7(5)3-6;7-5-3-4(10-6-9)1-2-8-5/h4-7,10-11H,8-9,12H2,1-3H3;1-3H,4H2;1-3,9H. The van der Waals surface area contributed by atoms with Gasteiger partial charge in [0.05, 0.1) is 12.1 Å². The van der Waals surface area contributed by atoms with Crippen LogP contribution < -0.4 is 4.65 Å². The van der Waals surface area contributed by atoms with Gasteiger partial charge in [-0.05, 0) is 76.7 Å². The van der Waals surface area contributed by atoms with Crippen molar-refractivity contribution in [2.45, 2.75) is 39.0 Å². The van der Waals surface area contributed by atoms with Crippen molar-refractivity contribution >= 4 is 84.8 Å². The maximum atomic E-state index is 13.5. The molecule has 5 aromatic rings. The summed E-state index contributed by atoms with van der Waals surface area (Å²) in [7, 11) is -0.639. The van der Waals surface area contributed by atoms with E-state index in [2.05, 4.69) is 117 Å². The summed E-state index contributed by atoms with van der Waals surface area (Å²) >= 11 is 9.20. The number of pyridine rings is 2. The Kier molecular flexibility index (Phi) is 13.4. The zero-order valence-electron chi connectivity index (χ0n) is 25.2. The molecule has 46 heavy (non-hydrogen) atoms. The zero-order valence-corrected chi connectivity index (χ0v) is 31.6. The second kappa shape index (κ2) is 17.0. The molecule has 0 fully saturated rings. The van der Waals surface area contributed by atoms with E-state index in [1.54, 1.807) is 6.07 Å². The van der Waals surface area contributed by atoms with Gasteiger partial charge in [-0.15, -0.1) is 0 Å². The van der Waals surface area contributed by atoms with Crippen molar-refractivity contribution in [3.8, 4) is 17.0 Å². The van der Waals surface area contributed by atoms with E-state index >= 15 is 0 Å². The van der Waals surface area contributed by atoms with Crippen molar-refractivity contribution in [2.24, 2.45) is 4.99 Å². The van der Waals surface area contributed by atoms with Crippen molar-refractivity contribution in [2.75, 3.05) is 6.61 Å². The number of aliphatic imine (C=N–C) groups is 1. The van der Waals surface area contributed by atoms with Crippen molar-refractivity contribution < 1.29 is 23.2 Å². The fraction of sp³-hybridized carbons (Fsp3) is 0.226. The van der Waals surface area contributed by atoms with Gasteiger partial charge in [-0.1, -0.05) is 57.6 Å². The number of nitrogens with zero attached hydrogens (tertiary/aromatic N) is 5. The quantitative estimate of drug-likeness (QED) is 0.0727. The Bertz CT molecular complexity index is 1830. The van der Waals surface area contributed by atoms with Crippen LogP contribution in [0.4, 0.5) is 8.78 Å². The highest BCUT2D eigenvalue weighted by Crippen LogP contribution is 2.30. The number of fused-ring (bicyclic) bond motifs is 2. The zero-order chi connectivity index (χ0) is 33.3. The van der Waals surface area contributed by atoms with E-state index < -0.39 is 20.0 Å². The molecule has 0 spiro atoms. The molecule has 8 nitrogen and oxygen atoms in total. The van der Waals surface area contributed by atoms with Crippen molar-refractivity contribution in [1.82, 2.24) is 19.7 Å². The van der Waals surface area contributed by atoms with E-state index in [0.717, 1.165) is 54.5 Å². The van der Waals surface area contributed by atoms with E-state index in [4.69, 9.17) is 9.76 Å². The predicted octanol–water partition coefficient (Wildman–Crippen LogP) is 8.58. The molecular formula is C31H30BBr2F2IN5O3Si. The number of ether oxygens (including phenoxy) is 1. The molecule has 0 saturated carbocycles. The molecule has 239 valence electrons. The lowest BCUT2D eigenvalue weighted by Crippen LogP contribution is -2.22. The van der Waals surface area contributed by atoms with Crippen LogP contribution in [0.5, 0.6) is 5.75 Å². The second-order valence-electron chi connectivity index (χ2n) is 11.2. The van der Waals surface area contributed by atoms with Crippen molar-refractivity contribution in [1.29, 1.82) is 0 Å². The summed E-state index contributed by atoms with van der Waals surface area (Å²) < 4.78 is 41.0. The van der Waals surface area contributed by atoms with E-state index in [1.807, 2.05) is 22.9 Å². The Morgan fingerprint density at radius 3 is 2.35 bits per heavy atom. The van der Waals surface area contributed by atoms with Gasteiger partial charge in [0.1, 0.15) is 21.9 Å². The maximum absolute atomic E-state index is 13.5. The Balaban J connectivity index is 0.000000187. The van der Waals surface area contributed by atoms with Gasteiger partial charge >= 0.3 is 7.69 Å². The largest absolute Gasteiger partial charge is 0.569 e. The van der Waals surface area contributed by atoms with Crippen LogP contribution in [0.1, 0.15) is 11.1 Å². The molecule has 15 heteroatoms. The molecule has 0 aliphatic carbocycles. The summed E-state index contributed by atoms with van der Waals surface area (Å²) in [6, 6.07) is 19.0. The minimum Gasteiger partial charge on any atom is -0.537 e. The minimum atomic E-state index is -1.12. The SMILES string of the molecule is Brc1ccc2c(c1)C(I)=NC2.C[Si](C)(C)CCOCn1nc(-c2ccnc(F)c2)c2cc(Br)ccc21.O[B]Oc1ccnc(F)c1. The number of hydrogen-bond acceptors (Lipinski definition) is 7. The summed E-state index contributed by atoms with van der Waals surface area (Å²) in [5.74, 6) is -0.934. The minimum absolute atomic E-state index is 0.218. The van der Waals surface area contributed by atoms with Crippen LogP contribution in [0.3, 0.4) is 0 Å². The number of hydrogen-bond donors (Lipinski definition) is 1. The molecule has 0 bridgehead atoms. The molecule has 3 aromatic heterocycles. The highest BCUT2D eigenvalue weighted by Gasteiger charge is 2.16. The van der Waals surface area contributed by atoms with Gasteiger partial charge in [0.15, 0.2) is 0 Å². The fourth-order valence-corrected chi connectivity index (χ4v) is 6.33. The van der Waals surface area contributed by atoms with Gasteiger partial charge in [0.25, 0.3) is 0 Å². The first-order valence-electron chi connectivity index (χ1n) is 14.0. The number of rotatable bonds is 8. The lowest BCUT2D eigenvalue weighted by Gasteiger charge is -2.15. The van der Waals surface area contributed by atoms with Gasteiger partial charge in [-0.2, -0.15) is 13.9 Å². The topological polar surface area (TPSA) is 94.7 Å². The summed E-state index contributed by atoms with van der Waals surface area (Å²) in [6.07, 6.45) is 2.70. The van der Waals surface area contributed by atoms with E-state index in [0.29, 0.717) is 20.0 Å². The number of aromatic nitrogens is 4. The highest BCUT2D eigenvalue weighted by atomic mass is 127. The van der Waals surface area contributed by atoms with Gasteiger partial charge < -0.3 is 14.4 Å². The second-order valence-corrected chi connectivity index (χ2v) is 19.6. The molecule has 1 radical (unpaired) electrons. The number of halogens is 5. The van der Waals surface area contributed by atoms with Gasteiger partial charge in [0.2, 0.25) is 11.9 Å². The average molecular weight is 884 g/mol. The summed E-state index contributed by atoms with van der Waals surface area (Å²) in [5, 5.41) is 13.7. The van der Waals surface area contributed by atoms with Gasteiger partial charge in [-0.25, -0.2) is 14.6 Å². The van der Waals surface area contributed by atoms with Crippen LogP contribution in [-0.2, 0) is 18.0 Å². The first kappa shape index (κ1) is 36.3. The molecule has 2 aromatic carbocycles. The van der Waals surface area contributed by atoms with Crippen molar-refractivity contribution in [3.05, 3.63) is 105 Å². The summed E-state index contributed by atoms with van der Waals surface area (Å²) in [4.78, 5) is 11.2. The first-order valence-corrected chi connectivity index (χ1v) is 20.4. The van der Waals surface area contributed by atoms with E-state index in [1.165, 1.54) is 35.7 Å². The molecule has 0 atom stereocenters. The Hall–Kier alpha value is -2.57. The number of benzene rings is 2. The molecule has 1 aliphatic rings. The first-order chi connectivity index (χ1) is 21.9. The lowest BCUT2D eigenvalue weighted by molar-refractivity contribution is 0.0818. The lowest BCUT2D eigenvalue weighted by atomic mass is 10.1. The van der Waals surface area contributed by atoms with Crippen LogP contribution in [-0.4, -0.2) is 50.9 Å². The van der Waals surface area contributed by atoms with Crippen LogP contribution in [0.15, 0.2) is 87.0 Å². The van der Waals surface area contributed by atoms with E-state index in [9.17, 15) is 8.78 Å². The van der Waals surface area contributed by atoms with Crippen LogP contribution in [0.2, 0.25) is 25.7 Å². The third-order valence-electron chi connectivity index (χ3n) is 6.49. The smallest absolute Gasteiger partial charge is 0.537 e. The third kappa shape index (κ3) is 10.7. The Labute approximate surface area is 298 Å². The monoisotopic (exact) mass is 882 g/mol. The normalized spacial score (nSPS) is 12.0. The molecule has 0 unspecified atom stereocenters. The molecule has 1 aliphatic heterocycles. The Morgan fingerprint density at radius 1 is 0.957 bits per heavy atom. The van der Waals surface area contributed by atoms with E-state index in [-0.39, 0.29) is 5.75 Å². The molecule has 0 amide bonds. The Morgan fingerprint density at radius 2 is 1.65 bits per heavy atom. The molecule has 1 N–H and O–H groups in total. The van der Waals surface area contributed by atoms with Crippen LogP contribution >= 0.6 is 54.5 Å². The van der Waals surface area contributed by atoms with Crippen LogP contribution in [0, 0.1) is 11.9 Å². The van der Waals surface area contributed by atoms with Gasteiger partial charge in [-0.3, -0.25) is 4.99 Å². The third-order valence-corrected chi connectivity index (χ3v) is 10.1. The van der Waals surface area contributed by atoms with Crippen molar-refractivity contribution in [3.63, 3.8) is 0 Å². The summed E-state index contributed by atoms with van der Waals surface area (Å²) in [6.45, 7) is 8.94. The maximum Gasteiger partial charge on any atom is 0.569 e. The molecule has 0 saturated heterocycles. The summed E-state index contributed by atoms with van der Waals surface area (Å²) in [5.41, 5.74) is 5.00. The van der Waals surface area contributed by atoms with Gasteiger partial charge in [0, 0.05) is 64.7 Å². The predicted molar refractivity (Wildman–Crippen MR) is 196 cm³/mol. The molecular weight excluding hydrogens is 854 g/mol. The highest BCUT2D eigenvalue weighted by molar-refractivity contribution is 14.1.